The number of nitrogens with zero attached hydrogens (tertiary/aromatic N) is 2. The minimum absolute atomic E-state index is 0.0693. The Morgan fingerprint density at radius 3 is 2.87 bits per heavy atom. The number of anilines is 3. The Labute approximate surface area is 232 Å². The maximum atomic E-state index is 5.90. The number of halogens is 1. The fourth-order valence-electron chi connectivity index (χ4n) is 5.17. The van der Waals surface area contributed by atoms with Crippen molar-refractivity contribution in [3.63, 3.8) is 0 Å². The molecule has 8 heteroatoms. The van der Waals surface area contributed by atoms with Crippen molar-refractivity contribution in [1.82, 2.24) is 21.0 Å². The average molecular weight is 573 g/mol. The summed E-state index contributed by atoms with van der Waals surface area (Å²) in [4.78, 5) is 4.69. The molecule has 0 unspecified atom stereocenters. The van der Waals surface area contributed by atoms with E-state index >= 15 is 0 Å². The number of rotatable bonds is 7. The number of fused-ring (bicyclic) bond motifs is 2. The number of nitrogens with one attached hydrogen (secondary N) is 5. The molecular weight excluding hydrogens is 538 g/mol. The maximum Gasteiger partial charge on any atom is 0.0947 e. The highest BCUT2D eigenvalue weighted by molar-refractivity contribution is 9.10. The highest BCUT2D eigenvalue weighted by atomic mass is 79.9. The van der Waals surface area contributed by atoms with E-state index in [0.29, 0.717) is 6.04 Å². The summed E-state index contributed by atoms with van der Waals surface area (Å²) in [6, 6.07) is 11.3. The van der Waals surface area contributed by atoms with Gasteiger partial charge in [-0.15, -0.1) is 12.0 Å². The third-order valence-corrected chi connectivity index (χ3v) is 7.86. The number of hydrogen-bond donors (Lipinski definition) is 5. The molecule has 3 aliphatic rings. The molecule has 2 aromatic carbocycles. The second-order valence-corrected chi connectivity index (χ2v) is 12.4. The number of hydrazine groups is 2. The molecule has 0 amide bonds. The second-order valence-electron chi connectivity index (χ2n) is 11.5. The van der Waals surface area contributed by atoms with Crippen molar-refractivity contribution in [3.8, 4) is 12.3 Å². The van der Waals surface area contributed by atoms with Crippen LogP contribution in [0.1, 0.15) is 56.3 Å². The van der Waals surface area contributed by atoms with Gasteiger partial charge in [0.1, 0.15) is 0 Å². The molecule has 0 radical (unpaired) electrons. The van der Waals surface area contributed by atoms with E-state index in [0.717, 1.165) is 57.5 Å². The zero-order valence-corrected chi connectivity index (χ0v) is 23.7. The third kappa shape index (κ3) is 4.89. The maximum absolute atomic E-state index is 5.90. The summed E-state index contributed by atoms with van der Waals surface area (Å²) >= 11 is 3.79. The van der Waals surface area contributed by atoms with Gasteiger partial charge in [-0.1, -0.05) is 38.8 Å². The van der Waals surface area contributed by atoms with E-state index in [9.17, 15) is 0 Å². The molecule has 3 heterocycles. The summed E-state index contributed by atoms with van der Waals surface area (Å²) in [7, 11) is 0. The van der Waals surface area contributed by atoms with E-state index in [1.165, 1.54) is 29.7 Å². The van der Waals surface area contributed by atoms with Gasteiger partial charge in [0.25, 0.3) is 0 Å². The van der Waals surface area contributed by atoms with Crippen molar-refractivity contribution in [3.05, 3.63) is 69.6 Å². The van der Waals surface area contributed by atoms with Crippen molar-refractivity contribution >= 4 is 43.9 Å². The number of hydrogen-bond acceptors (Lipinski definition) is 7. The zero-order chi connectivity index (χ0) is 26.4. The Bertz CT molecular complexity index is 1460. The fourth-order valence-corrected chi connectivity index (χ4v) is 5.73. The van der Waals surface area contributed by atoms with Crippen LogP contribution < -0.4 is 26.9 Å². The van der Waals surface area contributed by atoms with Crippen molar-refractivity contribution in [2.45, 2.75) is 52.1 Å². The van der Waals surface area contributed by atoms with Gasteiger partial charge in [-0.25, -0.2) is 0 Å². The summed E-state index contributed by atoms with van der Waals surface area (Å²) in [6.45, 7) is 8.38. The molecule has 1 fully saturated rings. The van der Waals surface area contributed by atoms with Gasteiger partial charge < -0.3 is 21.4 Å². The van der Waals surface area contributed by atoms with Crippen LogP contribution in [0.25, 0.3) is 10.9 Å². The van der Waals surface area contributed by atoms with Gasteiger partial charge in [0, 0.05) is 52.8 Å². The first-order valence-electron chi connectivity index (χ1n) is 13.3. The molecule has 2 aliphatic heterocycles. The Hall–Kier alpha value is -3.41. The lowest BCUT2D eigenvalue weighted by Gasteiger charge is -2.25. The molecule has 0 spiro atoms. The molecule has 1 atom stereocenters. The average Bonchev–Trinajstić information content (AvgIpc) is 3.41. The standard InChI is InChI=1S/C30H34BrN7/c1-5-18-15-33-28-23(27(18)34-17-30(2,3)4)13-19(14-24(28)31)35-29(26-16-38(37-36-26)20-9-10-20)22-7-6-8-25-21(22)11-12-32-25/h1,6-8,13-16,20,29,32,35-37H,9-12,17H2,2-4H3,(H,33,34)/t29-/m0/s1. The summed E-state index contributed by atoms with van der Waals surface area (Å²) in [5, 5.41) is 14.2. The fraction of sp³-hybridized carbons (Fsp3) is 0.367. The van der Waals surface area contributed by atoms with Crippen molar-refractivity contribution in [2.75, 3.05) is 29.0 Å². The normalized spacial score (nSPS) is 17.3. The number of aromatic nitrogens is 1. The molecule has 196 valence electrons. The molecule has 0 bridgehead atoms. The van der Waals surface area contributed by atoms with Crippen LogP contribution in [-0.4, -0.2) is 29.1 Å². The third-order valence-electron chi connectivity index (χ3n) is 7.26. The number of terminal acetylenes is 1. The van der Waals surface area contributed by atoms with E-state index in [4.69, 9.17) is 11.4 Å². The number of pyridine rings is 1. The molecule has 1 saturated carbocycles. The highest BCUT2D eigenvalue weighted by Gasteiger charge is 2.33. The SMILES string of the molecule is C#Cc1cnc2c(Br)cc(N[C@H](C3=CN(C4CC4)NN3)c3cccc4c3CCN4)cc2c1NCC(C)(C)C. The van der Waals surface area contributed by atoms with Crippen molar-refractivity contribution < 1.29 is 0 Å². The summed E-state index contributed by atoms with van der Waals surface area (Å²) in [5.74, 6) is 2.82. The lowest BCUT2D eigenvalue weighted by Crippen LogP contribution is -2.38. The van der Waals surface area contributed by atoms with E-state index in [-0.39, 0.29) is 11.5 Å². The van der Waals surface area contributed by atoms with E-state index in [2.05, 4.69) is 111 Å². The van der Waals surface area contributed by atoms with Gasteiger partial charge in [0.05, 0.1) is 28.5 Å². The molecular formula is C30H34BrN7. The minimum Gasteiger partial charge on any atom is -0.384 e. The summed E-state index contributed by atoms with van der Waals surface area (Å²) in [5.41, 5.74) is 15.4. The van der Waals surface area contributed by atoms with Gasteiger partial charge in [0.2, 0.25) is 0 Å². The van der Waals surface area contributed by atoms with Gasteiger partial charge in [-0.05, 0) is 69.9 Å². The highest BCUT2D eigenvalue weighted by Crippen LogP contribution is 2.39. The predicted octanol–water partition coefficient (Wildman–Crippen LogP) is 5.89. The Morgan fingerprint density at radius 1 is 1.26 bits per heavy atom. The monoisotopic (exact) mass is 571 g/mol. The van der Waals surface area contributed by atoms with Crippen LogP contribution in [0.4, 0.5) is 17.1 Å². The molecule has 6 rings (SSSR count). The Morgan fingerprint density at radius 2 is 2.11 bits per heavy atom. The Balaban J connectivity index is 1.43. The molecule has 1 aliphatic carbocycles. The van der Waals surface area contributed by atoms with Crippen LogP contribution >= 0.6 is 15.9 Å². The van der Waals surface area contributed by atoms with Gasteiger partial charge in [0.15, 0.2) is 0 Å². The van der Waals surface area contributed by atoms with Crippen molar-refractivity contribution in [2.24, 2.45) is 5.41 Å². The van der Waals surface area contributed by atoms with Gasteiger partial charge in [-0.2, -0.15) is 0 Å². The first-order valence-corrected chi connectivity index (χ1v) is 14.1. The van der Waals surface area contributed by atoms with Gasteiger partial charge in [-0.3, -0.25) is 9.99 Å². The summed E-state index contributed by atoms with van der Waals surface area (Å²) < 4.78 is 0.921. The number of benzene rings is 2. The lowest BCUT2D eigenvalue weighted by molar-refractivity contribution is 0.260. The molecule has 5 N–H and O–H groups in total. The predicted molar refractivity (Wildman–Crippen MR) is 160 cm³/mol. The second kappa shape index (κ2) is 9.72. The van der Waals surface area contributed by atoms with Crippen LogP contribution in [0, 0.1) is 17.8 Å². The van der Waals surface area contributed by atoms with E-state index < -0.39 is 0 Å². The minimum atomic E-state index is -0.0693. The summed E-state index contributed by atoms with van der Waals surface area (Å²) in [6.07, 6.45) is 13.3. The van der Waals surface area contributed by atoms with Crippen LogP contribution in [0.5, 0.6) is 0 Å². The van der Waals surface area contributed by atoms with Gasteiger partial charge >= 0.3 is 0 Å². The first-order chi connectivity index (χ1) is 18.3. The van der Waals surface area contributed by atoms with E-state index in [1.807, 2.05) is 0 Å². The topological polar surface area (TPSA) is 76.3 Å². The van der Waals surface area contributed by atoms with E-state index in [1.54, 1.807) is 6.20 Å². The smallest absolute Gasteiger partial charge is 0.0947 e. The molecule has 1 aromatic heterocycles. The van der Waals surface area contributed by atoms with Crippen LogP contribution in [0.15, 0.2) is 52.9 Å². The van der Waals surface area contributed by atoms with Crippen LogP contribution in [0.2, 0.25) is 0 Å². The van der Waals surface area contributed by atoms with Crippen LogP contribution in [0.3, 0.4) is 0 Å². The largest absolute Gasteiger partial charge is 0.384 e. The molecule has 7 nitrogen and oxygen atoms in total. The molecule has 38 heavy (non-hydrogen) atoms. The lowest BCUT2D eigenvalue weighted by atomic mass is 9.95. The molecule has 3 aromatic rings. The van der Waals surface area contributed by atoms with Crippen LogP contribution in [-0.2, 0) is 6.42 Å². The van der Waals surface area contributed by atoms with Crippen molar-refractivity contribution in [1.29, 1.82) is 0 Å². The first kappa shape index (κ1) is 24.9. The Kier molecular flexibility index (Phi) is 6.37. The molecule has 0 saturated heterocycles. The quantitative estimate of drug-likeness (QED) is 0.226. The zero-order valence-electron chi connectivity index (χ0n) is 22.1.